The zero-order valence-corrected chi connectivity index (χ0v) is 14.8. The van der Waals surface area contributed by atoms with Crippen LogP contribution in [0.2, 0.25) is 5.02 Å². The van der Waals surface area contributed by atoms with Crippen molar-refractivity contribution in [2.24, 2.45) is 0 Å². The second-order valence-electron chi connectivity index (χ2n) is 5.74. The third kappa shape index (κ3) is 5.89. The molecular weight excluding hydrogens is 340 g/mol. The molecule has 0 saturated carbocycles. The molecular formula is C19H21ClN2O3. The largest absolute Gasteiger partial charge is 0.480 e. The van der Waals surface area contributed by atoms with E-state index in [1.165, 1.54) is 0 Å². The summed E-state index contributed by atoms with van der Waals surface area (Å²) < 4.78 is 0. The summed E-state index contributed by atoms with van der Waals surface area (Å²) >= 11 is 6.05. The van der Waals surface area contributed by atoms with E-state index in [2.05, 4.69) is 5.32 Å². The average Bonchev–Trinajstić information content (AvgIpc) is 2.55. The Morgan fingerprint density at radius 1 is 1.16 bits per heavy atom. The Hall–Kier alpha value is -2.37. The van der Waals surface area contributed by atoms with E-state index in [1.54, 1.807) is 30.3 Å². The summed E-state index contributed by atoms with van der Waals surface area (Å²) in [6.45, 7) is 3.21. The molecule has 6 heteroatoms. The normalized spacial score (nSPS) is 10.7. The summed E-state index contributed by atoms with van der Waals surface area (Å²) in [5.41, 5.74) is 1.99. The number of nitrogens with one attached hydrogen (secondary N) is 1. The Balaban J connectivity index is 2.09. The molecule has 2 rings (SSSR count). The first-order chi connectivity index (χ1) is 12.0. The molecule has 0 bridgehead atoms. The number of carbonyl (C=O) groups excluding carboxylic acids is 1. The van der Waals surface area contributed by atoms with Gasteiger partial charge in [0.1, 0.15) is 0 Å². The number of nitrogens with zero attached hydrogens (tertiary/aromatic N) is 1. The van der Waals surface area contributed by atoms with Crippen molar-refractivity contribution in [3.63, 3.8) is 0 Å². The number of carbonyl (C=O) groups is 2. The van der Waals surface area contributed by atoms with Crippen LogP contribution in [0.15, 0.2) is 48.5 Å². The van der Waals surface area contributed by atoms with Crippen LogP contribution < -0.4 is 5.32 Å². The van der Waals surface area contributed by atoms with E-state index >= 15 is 0 Å². The third-order valence-corrected chi connectivity index (χ3v) is 3.94. The number of hydrogen-bond acceptors (Lipinski definition) is 3. The molecule has 2 aromatic rings. The number of amides is 1. The summed E-state index contributed by atoms with van der Waals surface area (Å²) in [5, 5.41) is 12.2. The number of hydrogen-bond donors (Lipinski definition) is 2. The van der Waals surface area contributed by atoms with E-state index in [1.807, 2.05) is 30.0 Å². The SMILES string of the molecule is CCCN(CC(=O)O)Cc1cccc(NC(=O)c2ccccc2Cl)c1. The predicted molar refractivity (Wildman–Crippen MR) is 99.1 cm³/mol. The fraction of sp³-hybridized carbons (Fsp3) is 0.263. The molecule has 0 fully saturated rings. The second-order valence-corrected chi connectivity index (χ2v) is 6.15. The molecule has 2 aromatic carbocycles. The van der Waals surface area contributed by atoms with Gasteiger partial charge in [-0.15, -0.1) is 0 Å². The van der Waals surface area contributed by atoms with Gasteiger partial charge in [0, 0.05) is 12.2 Å². The van der Waals surface area contributed by atoms with Gasteiger partial charge < -0.3 is 10.4 Å². The highest BCUT2D eigenvalue weighted by molar-refractivity contribution is 6.34. The predicted octanol–water partition coefficient (Wildman–Crippen LogP) is 3.89. The van der Waals surface area contributed by atoms with Crippen LogP contribution in [0.25, 0.3) is 0 Å². The quantitative estimate of drug-likeness (QED) is 0.749. The lowest BCUT2D eigenvalue weighted by Gasteiger charge is -2.19. The van der Waals surface area contributed by atoms with E-state index < -0.39 is 5.97 Å². The van der Waals surface area contributed by atoms with Crippen LogP contribution in [-0.2, 0) is 11.3 Å². The van der Waals surface area contributed by atoms with Crippen LogP contribution in [0.4, 0.5) is 5.69 Å². The van der Waals surface area contributed by atoms with Crippen molar-refractivity contribution in [2.45, 2.75) is 19.9 Å². The molecule has 0 aromatic heterocycles. The Kier molecular flexibility index (Phi) is 6.98. The van der Waals surface area contributed by atoms with E-state index in [9.17, 15) is 9.59 Å². The lowest BCUT2D eigenvalue weighted by molar-refractivity contribution is -0.138. The molecule has 5 nitrogen and oxygen atoms in total. The smallest absolute Gasteiger partial charge is 0.317 e. The van der Waals surface area contributed by atoms with E-state index in [4.69, 9.17) is 16.7 Å². The standard InChI is InChI=1S/C19H21ClN2O3/c1-2-10-22(13-18(23)24)12-14-6-5-7-15(11-14)21-19(25)16-8-3-4-9-17(16)20/h3-9,11H,2,10,12-13H2,1H3,(H,21,25)(H,23,24). The number of halogens is 1. The monoisotopic (exact) mass is 360 g/mol. The zero-order chi connectivity index (χ0) is 18.2. The van der Waals surface area contributed by atoms with Crippen LogP contribution in [0.1, 0.15) is 29.3 Å². The highest BCUT2D eigenvalue weighted by Crippen LogP contribution is 2.18. The molecule has 0 spiro atoms. The molecule has 132 valence electrons. The number of anilines is 1. The van der Waals surface area contributed by atoms with Gasteiger partial charge in [0.2, 0.25) is 0 Å². The van der Waals surface area contributed by atoms with Gasteiger partial charge in [0.05, 0.1) is 17.1 Å². The van der Waals surface area contributed by atoms with Crippen molar-refractivity contribution >= 4 is 29.2 Å². The fourth-order valence-electron chi connectivity index (χ4n) is 2.57. The molecule has 25 heavy (non-hydrogen) atoms. The molecule has 0 atom stereocenters. The first kappa shape index (κ1) is 19.0. The molecule has 0 aliphatic rings. The average molecular weight is 361 g/mol. The van der Waals surface area contributed by atoms with Gasteiger partial charge in [-0.2, -0.15) is 0 Å². The molecule has 0 saturated heterocycles. The van der Waals surface area contributed by atoms with E-state index in [-0.39, 0.29) is 12.5 Å². The van der Waals surface area contributed by atoms with Crippen molar-refractivity contribution in [2.75, 3.05) is 18.4 Å². The van der Waals surface area contributed by atoms with Gasteiger partial charge in [0.15, 0.2) is 0 Å². The van der Waals surface area contributed by atoms with Crippen molar-refractivity contribution in [3.05, 3.63) is 64.7 Å². The van der Waals surface area contributed by atoms with Crippen molar-refractivity contribution < 1.29 is 14.7 Å². The maximum Gasteiger partial charge on any atom is 0.317 e. The van der Waals surface area contributed by atoms with Crippen LogP contribution in [0, 0.1) is 0 Å². The minimum atomic E-state index is -0.850. The number of benzene rings is 2. The Bertz CT molecular complexity index is 749. The van der Waals surface area contributed by atoms with Gasteiger partial charge in [-0.25, -0.2) is 0 Å². The summed E-state index contributed by atoms with van der Waals surface area (Å²) in [5.74, 6) is -1.13. The number of carboxylic acids is 1. The van der Waals surface area contributed by atoms with Crippen molar-refractivity contribution in [3.8, 4) is 0 Å². The van der Waals surface area contributed by atoms with E-state index in [0.717, 1.165) is 12.0 Å². The summed E-state index contributed by atoms with van der Waals surface area (Å²) in [7, 11) is 0. The second kappa shape index (κ2) is 9.20. The molecule has 0 heterocycles. The van der Waals surface area contributed by atoms with E-state index in [0.29, 0.717) is 29.4 Å². The molecule has 2 N–H and O–H groups in total. The minimum Gasteiger partial charge on any atom is -0.480 e. The Labute approximate surface area is 152 Å². The first-order valence-electron chi connectivity index (χ1n) is 8.08. The third-order valence-electron chi connectivity index (χ3n) is 3.61. The van der Waals surface area contributed by atoms with Gasteiger partial charge >= 0.3 is 5.97 Å². The van der Waals surface area contributed by atoms with Gasteiger partial charge in [-0.3, -0.25) is 14.5 Å². The number of rotatable bonds is 8. The van der Waals surface area contributed by atoms with Crippen molar-refractivity contribution in [1.82, 2.24) is 4.90 Å². The van der Waals surface area contributed by atoms with Crippen LogP contribution in [-0.4, -0.2) is 35.0 Å². The molecule has 0 aliphatic heterocycles. The van der Waals surface area contributed by atoms with Crippen LogP contribution in [0.5, 0.6) is 0 Å². The van der Waals surface area contributed by atoms with Gasteiger partial charge in [-0.05, 0) is 42.8 Å². The number of aliphatic carboxylic acids is 1. The first-order valence-corrected chi connectivity index (χ1v) is 8.46. The summed E-state index contributed by atoms with van der Waals surface area (Å²) in [6, 6.07) is 14.2. The van der Waals surface area contributed by atoms with Gasteiger partial charge in [-0.1, -0.05) is 42.8 Å². The maximum absolute atomic E-state index is 12.3. The molecule has 0 aliphatic carbocycles. The lowest BCUT2D eigenvalue weighted by atomic mass is 10.1. The zero-order valence-electron chi connectivity index (χ0n) is 14.0. The molecule has 1 amide bonds. The fourth-order valence-corrected chi connectivity index (χ4v) is 2.79. The molecule has 0 radical (unpaired) electrons. The maximum atomic E-state index is 12.3. The highest BCUT2D eigenvalue weighted by Gasteiger charge is 2.12. The number of carboxylic acid groups (broad SMARTS) is 1. The lowest BCUT2D eigenvalue weighted by Crippen LogP contribution is -2.30. The summed E-state index contributed by atoms with van der Waals surface area (Å²) in [4.78, 5) is 25.2. The van der Waals surface area contributed by atoms with Gasteiger partial charge in [0.25, 0.3) is 5.91 Å². The van der Waals surface area contributed by atoms with Crippen LogP contribution in [0.3, 0.4) is 0 Å². The van der Waals surface area contributed by atoms with Crippen molar-refractivity contribution in [1.29, 1.82) is 0 Å². The van der Waals surface area contributed by atoms with Crippen LogP contribution >= 0.6 is 11.6 Å². The topological polar surface area (TPSA) is 69.6 Å². The summed E-state index contributed by atoms with van der Waals surface area (Å²) in [6.07, 6.45) is 0.871. The Morgan fingerprint density at radius 3 is 2.60 bits per heavy atom. The highest BCUT2D eigenvalue weighted by atomic mass is 35.5. The minimum absolute atomic E-state index is 0.00987. The molecule has 0 unspecified atom stereocenters. The Morgan fingerprint density at radius 2 is 1.92 bits per heavy atom.